The van der Waals surface area contributed by atoms with Gasteiger partial charge in [0.2, 0.25) is 0 Å². The molecule has 0 aliphatic heterocycles. The van der Waals surface area contributed by atoms with Crippen molar-refractivity contribution in [2.75, 3.05) is 7.11 Å². The molecule has 2 aromatic rings. The van der Waals surface area contributed by atoms with Crippen LogP contribution in [-0.2, 0) is 0 Å². The van der Waals surface area contributed by atoms with Gasteiger partial charge in [0.05, 0.1) is 13.2 Å². The summed E-state index contributed by atoms with van der Waals surface area (Å²) in [5.41, 5.74) is 6.85. The standard InChI is InChI=1S/C13H17NO2/c1-3-4-11(14)13-7-9-5-6-10(15-2)8-12(9)16-13/h5-8,11H,3-4,14H2,1-2H3/t11-/m0/s1. The summed E-state index contributed by atoms with van der Waals surface area (Å²) in [5, 5.41) is 1.07. The highest BCUT2D eigenvalue weighted by molar-refractivity contribution is 5.79. The monoisotopic (exact) mass is 219 g/mol. The number of methoxy groups -OCH3 is 1. The molecule has 0 aliphatic rings. The van der Waals surface area contributed by atoms with Gasteiger partial charge in [0.1, 0.15) is 17.1 Å². The molecule has 0 spiro atoms. The quantitative estimate of drug-likeness (QED) is 0.858. The Morgan fingerprint density at radius 1 is 1.38 bits per heavy atom. The molecular formula is C13H17NO2. The van der Waals surface area contributed by atoms with Gasteiger partial charge in [-0.25, -0.2) is 0 Å². The van der Waals surface area contributed by atoms with E-state index < -0.39 is 0 Å². The maximum Gasteiger partial charge on any atom is 0.138 e. The average Bonchev–Trinajstić information content (AvgIpc) is 2.71. The highest BCUT2D eigenvalue weighted by Gasteiger charge is 2.11. The predicted octanol–water partition coefficient (Wildman–Crippen LogP) is 3.24. The molecule has 2 rings (SSSR count). The van der Waals surface area contributed by atoms with E-state index in [0.717, 1.165) is 35.3 Å². The highest BCUT2D eigenvalue weighted by atomic mass is 16.5. The van der Waals surface area contributed by atoms with E-state index in [4.69, 9.17) is 14.9 Å². The van der Waals surface area contributed by atoms with Crippen molar-refractivity contribution in [1.29, 1.82) is 0 Å². The molecule has 2 N–H and O–H groups in total. The topological polar surface area (TPSA) is 48.4 Å². The maximum absolute atomic E-state index is 6.01. The van der Waals surface area contributed by atoms with Crippen LogP contribution in [0.5, 0.6) is 5.75 Å². The van der Waals surface area contributed by atoms with Crippen molar-refractivity contribution < 1.29 is 9.15 Å². The van der Waals surface area contributed by atoms with Gasteiger partial charge in [0, 0.05) is 11.5 Å². The second kappa shape index (κ2) is 4.58. The van der Waals surface area contributed by atoms with Crippen LogP contribution < -0.4 is 10.5 Å². The smallest absolute Gasteiger partial charge is 0.138 e. The minimum atomic E-state index is -0.0107. The molecule has 0 aliphatic carbocycles. The van der Waals surface area contributed by atoms with Crippen LogP contribution in [0.2, 0.25) is 0 Å². The fourth-order valence-electron chi connectivity index (χ4n) is 1.79. The highest BCUT2D eigenvalue weighted by Crippen LogP contribution is 2.27. The number of rotatable bonds is 4. The van der Waals surface area contributed by atoms with Gasteiger partial charge in [0.15, 0.2) is 0 Å². The van der Waals surface area contributed by atoms with E-state index in [1.807, 2.05) is 24.3 Å². The van der Waals surface area contributed by atoms with Crippen molar-refractivity contribution in [1.82, 2.24) is 0 Å². The Balaban J connectivity index is 2.35. The number of hydrogen-bond acceptors (Lipinski definition) is 3. The Labute approximate surface area is 95.2 Å². The summed E-state index contributed by atoms with van der Waals surface area (Å²) >= 11 is 0. The number of fused-ring (bicyclic) bond motifs is 1. The number of ether oxygens (including phenoxy) is 1. The third-order valence-electron chi connectivity index (χ3n) is 2.71. The molecular weight excluding hydrogens is 202 g/mol. The van der Waals surface area contributed by atoms with Crippen LogP contribution in [0.25, 0.3) is 11.0 Å². The zero-order valence-corrected chi connectivity index (χ0v) is 9.69. The third kappa shape index (κ3) is 2.04. The van der Waals surface area contributed by atoms with Crippen molar-refractivity contribution in [3.63, 3.8) is 0 Å². The fraction of sp³-hybridized carbons (Fsp3) is 0.385. The van der Waals surface area contributed by atoms with Crippen LogP contribution in [0.15, 0.2) is 28.7 Å². The largest absolute Gasteiger partial charge is 0.497 e. The molecule has 1 atom stereocenters. The van der Waals surface area contributed by atoms with Gasteiger partial charge in [-0.3, -0.25) is 0 Å². The normalized spacial score (nSPS) is 12.9. The van der Waals surface area contributed by atoms with E-state index >= 15 is 0 Å². The molecule has 0 radical (unpaired) electrons. The SMILES string of the molecule is CCC[C@H](N)c1cc2ccc(OC)cc2o1. The van der Waals surface area contributed by atoms with Gasteiger partial charge >= 0.3 is 0 Å². The van der Waals surface area contributed by atoms with E-state index in [9.17, 15) is 0 Å². The Morgan fingerprint density at radius 3 is 2.88 bits per heavy atom. The summed E-state index contributed by atoms with van der Waals surface area (Å²) in [6, 6.07) is 7.79. The molecule has 3 nitrogen and oxygen atoms in total. The minimum absolute atomic E-state index is 0.0107. The second-order valence-electron chi connectivity index (χ2n) is 3.95. The van der Waals surface area contributed by atoms with Crippen molar-refractivity contribution in [2.24, 2.45) is 5.73 Å². The van der Waals surface area contributed by atoms with Crippen molar-refractivity contribution >= 4 is 11.0 Å². The average molecular weight is 219 g/mol. The summed E-state index contributed by atoms with van der Waals surface area (Å²) in [4.78, 5) is 0. The Morgan fingerprint density at radius 2 is 2.19 bits per heavy atom. The number of nitrogens with two attached hydrogens (primary N) is 1. The van der Waals surface area contributed by atoms with E-state index in [-0.39, 0.29) is 6.04 Å². The van der Waals surface area contributed by atoms with Crippen molar-refractivity contribution in [3.8, 4) is 5.75 Å². The molecule has 3 heteroatoms. The lowest BCUT2D eigenvalue weighted by Gasteiger charge is -2.04. The summed E-state index contributed by atoms with van der Waals surface area (Å²) < 4.78 is 10.9. The van der Waals surface area contributed by atoms with Crippen LogP contribution in [-0.4, -0.2) is 7.11 Å². The second-order valence-corrected chi connectivity index (χ2v) is 3.95. The molecule has 0 amide bonds. The minimum Gasteiger partial charge on any atom is -0.497 e. The molecule has 86 valence electrons. The first kappa shape index (κ1) is 11.0. The number of furan rings is 1. The van der Waals surface area contributed by atoms with Crippen LogP contribution in [0.4, 0.5) is 0 Å². The van der Waals surface area contributed by atoms with Crippen molar-refractivity contribution in [2.45, 2.75) is 25.8 Å². The van der Waals surface area contributed by atoms with Gasteiger partial charge in [-0.2, -0.15) is 0 Å². The lowest BCUT2D eigenvalue weighted by Crippen LogP contribution is -2.08. The van der Waals surface area contributed by atoms with Crippen LogP contribution in [0, 0.1) is 0 Å². The molecule has 1 aromatic carbocycles. The van der Waals surface area contributed by atoms with Crippen LogP contribution in [0.3, 0.4) is 0 Å². The summed E-state index contributed by atoms with van der Waals surface area (Å²) in [6.45, 7) is 2.12. The van der Waals surface area contributed by atoms with E-state index in [0.29, 0.717) is 0 Å². The van der Waals surface area contributed by atoms with Gasteiger partial charge in [-0.05, 0) is 24.6 Å². The lowest BCUT2D eigenvalue weighted by molar-refractivity contribution is 0.413. The molecule has 1 aromatic heterocycles. The molecule has 0 unspecified atom stereocenters. The Hall–Kier alpha value is -1.48. The van der Waals surface area contributed by atoms with E-state index in [1.165, 1.54) is 0 Å². The first-order chi connectivity index (χ1) is 7.74. The lowest BCUT2D eigenvalue weighted by atomic mass is 10.1. The van der Waals surface area contributed by atoms with Crippen LogP contribution >= 0.6 is 0 Å². The van der Waals surface area contributed by atoms with Crippen molar-refractivity contribution in [3.05, 3.63) is 30.0 Å². The number of hydrogen-bond donors (Lipinski definition) is 1. The van der Waals surface area contributed by atoms with Gasteiger partial charge in [0.25, 0.3) is 0 Å². The zero-order valence-electron chi connectivity index (χ0n) is 9.69. The first-order valence-electron chi connectivity index (χ1n) is 5.57. The molecule has 16 heavy (non-hydrogen) atoms. The zero-order chi connectivity index (χ0) is 11.5. The summed E-state index contributed by atoms with van der Waals surface area (Å²) in [7, 11) is 1.65. The molecule has 0 bridgehead atoms. The first-order valence-corrected chi connectivity index (χ1v) is 5.57. The molecule has 1 heterocycles. The predicted molar refractivity (Wildman–Crippen MR) is 64.6 cm³/mol. The van der Waals surface area contributed by atoms with Gasteiger partial charge < -0.3 is 14.9 Å². The molecule has 0 fully saturated rings. The van der Waals surface area contributed by atoms with Gasteiger partial charge in [-0.15, -0.1) is 0 Å². The summed E-state index contributed by atoms with van der Waals surface area (Å²) in [5.74, 6) is 1.66. The molecule has 0 saturated carbocycles. The maximum atomic E-state index is 6.01. The van der Waals surface area contributed by atoms with Gasteiger partial charge in [-0.1, -0.05) is 13.3 Å². The van der Waals surface area contributed by atoms with E-state index in [1.54, 1.807) is 7.11 Å². The van der Waals surface area contributed by atoms with E-state index in [2.05, 4.69) is 6.92 Å². The summed E-state index contributed by atoms with van der Waals surface area (Å²) in [6.07, 6.45) is 2.00. The number of benzene rings is 1. The fourth-order valence-corrected chi connectivity index (χ4v) is 1.79. The third-order valence-corrected chi connectivity index (χ3v) is 2.71. The molecule has 0 saturated heterocycles. The van der Waals surface area contributed by atoms with Crippen LogP contribution in [0.1, 0.15) is 31.6 Å². The Kier molecular flexibility index (Phi) is 3.15. The Bertz CT molecular complexity index is 476.